The highest BCUT2D eigenvalue weighted by Crippen LogP contribution is 2.32. The van der Waals surface area contributed by atoms with Crippen LogP contribution in [0, 0.1) is 0 Å². The molecule has 1 aromatic heterocycles. The van der Waals surface area contributed by atoms with Gasteiger partial charge in [0.1, 0.15) is 0 Å². The van der Waals surface area contributed by atoms with Crippen LogP contribution in [0.5, 0.6) is 0 Å². The van der Waals surface area contributed by atoms with Crippen LogP contribution >= 0.6 is 27.3 Å². The second kappa shape index (κ2) is 6.46. The average molecular weight is 288 g/mol. The molecule has 1 heterocycles. The van der Waals surface area contributed by atoms with Crippen molar-refractivity contribution in [3.05, 3.63) is 32.9 Å². The van der Waals surface area contributed by atoms with Gasteiger partial charge in [-0.05, 0) is 53.7 Å². The molecular weight excluding hydrogens is 270 g/mol. The first kappa shape index (κ1) is 12.9. The largest absolute Gasteiger partial charge is 0.309 e. The van der Waals surface area contributed by atoms with Crippen LogP contribution in [0.25, 0.3) is 0 Å². The fraction of sp³-hybridized carbons (Fsp3) is 0.500. The molecule has 0 radical (unpaired) electrons. The summed E-state index contributed by atoms with van der Waals surface area (Å²) in [4.78, 5) is 1.40. The van der Waals surface area contributed by atoms with Gasteiger partial charge >= 0.3 is 0 Å². The van der Waals surface area contributed by atoms with Gasteiger partial charge in [-0.2, -0.15) is 0 Å². The van der Waals surface area contributed by atoms with Crippen LogP contribution in [0.15, 0.2) is 28.1 Å². The zero-order valence-electron chi connectivity index (χ0n) is 9.35. The van der Waals surface area contributed by atoms with Crippen LogP contribution in [0.3, 0.4) is 0 Å². The molecule has 0 spiro atoms. The van der Waals surface area contributed by atoms with Gasteiger partial charge in [-0.1, -0.05) is 12.5 Å². The zero-order valence-corrected chi connectivity index (χ0v) is 11.7. The monoisotopic (exact) mass is 287 g/mol. The molecule has 1 N–H and O–H groups in total. The molecular formula is C12H18BrNS. The topological polar surface area (TPSA) is 12.0 Å². The molecule has 1 atom stereocenters. The highest BCUT2D eigenvalue weighted by molar-refractivity contribution is 9.10. The molecule has 3 heteroatoms. The van der Waals surface area contributed by atoms with Crippen LogP contribution in [-0.2, 0) is 0 Å². The van der Waals surface area contributed by atoms with Gasteiger partial charge in [-0.3, -0.25) is 0 Å². The molecule has 0 amide bonds. The van der Waals surface area contributed by atoms with Gasteiger partial charge in [0, 0.05) is 15.4 Å². The lowest BCUT2D eigenvalue weighted by molar-refractivity contribution is 0.521. The Morgan fingerprint density at radius 2 is 2.40 bits per heavy atom. The molecule has 1 aromatic rings. The lowest BCUT2D eigenvalue weighted by atomic mass is 10.1. The summed E-state index contributed by atoms with van der Waals surface area (Å²) in [6.45, 7) is 9.20. The maximum absolute atomic E-state index is 3.95. The second-order valence-electron chi connectivity index (χ2n) is 3.74. The lowest BCUT2D eigenvalue weighted by Gasteiger charge is -2.17. The minimum atomic E-state index is 0.459. The summed E-state index contributed by atoms with van der Waals surface area (Å²) in [7, 11) is 0. The van der Waals surface area contributed by atoms with Crippen molar-refractivity contribution in [2.45, 2.75) is 32.7 Å². The molecule has 1 rings (SSSR count). The molecule has 0 aliphatic rings. The molecule has 0 fully saturated rings. The maximum Gasteiger partial charge on any atom is 0.0429 e. The quantitative estimate of drug-likeness (QED) is 0.759. The van der Waals surface area contributed by atoms with Crippen molar-refractivity contribution in [3.63, 3.8) is 0 Å². The highest BCUT2D eigenvalue weighted by Gasteiger charge is 2.14. The molecule has 1 nitrogen and oxygen atoms in total. The number of rotatable bonds is 6. The van der Waals surface area contributed by atoms with Crippen molar-refractivity contribution < 1.29 is 0 Å². The van der Waals surface area contributed by atoms with E-state index >= 15 is 0 Å². The second-order valence-corrected chi connectivity index (χ2v) is 5.54. The Balaban J connectivity index is 2.65. The van der Waals surface area contributed by atoms with E-state index in [1.807, 2.05) is 11.3 Å². The predicted octanol–water partition coefficient (Wildman–Crippen LogP) is 4.52. The molecule has 0 saturated carbocycles. The van der Waals surface area contributed by atoms with Crippen LogP contribution in [0.2, 0.25) is 0 Å². The van der Waals surface area contributed by atoms with Crippen LogP contribution in [0.1, 0.15) is 37.6 Å². The third kappa shape index (κ3) is 4.09. The molecule has 0 aliphatic heterocycles. The molecule has 15 heavy (non-hydrogen) atoms. The average Bonchev–Trinajstić information content (AvgIpc) is 2.59. The first-order valence-corrected chi connectivity index (χ1v) is 6.93. The predicted molar refractivity (Wildman–Crippen MR) is 72.5 cm³/mol. The van der Waals surface area contributed by atoms with Gasteiger partial charge in [0.05, 0.1) is 0 Å². The number of hydrogen-bond acceptors (Lipinski definition) is 2. The van der Waals surface area contributed by atoms with E-state index in [-0.39, 0.29) is 0 Å². The molecule has 0 aromatic carbocycles. The Bertz CT molecular complexity index is 319. The summed E-state index contributed by atoms with van der Waals surface area (Å²) in [5.74, 6) is 0. The van der Waals surface area contributed by atoms with Crippen LogP contribution < -0.4 is 5.32 Å². The van der Waals surface area contributed by atoms with E-state index in [1.165, 1.54) is 14.9 Å². The summed E-state index contributed by atoms with van der Waals surface area (Å²) in [6, 6.07) is 2.58. The van der Waals surface area contributed by atoms with Crippen molar-refractivity contribution in [3.8, 4) is 0 Å². The summed E-state index contributed by atoms with van der Waals surface area (Å²) < 4.78 is 1.22. The standard InChI is InChI=1S/C12H18BrNS/c1-4-14-11(6-5-9(2)3)12-10(13)7-8-15-12/h7-8,11,14H,2,4-6H2,1,3H3. The Hall–Kier alpha value is -0.120. The van der Waals surface area contributed by atoms with Gasteiger partial charge in [0.25, 0.3) is 0 Å². The van der Waals surface area contributed by atoms with Crippen LogP contribution in [-0.4, -0.2) is 6.54 Å². The van der Waals surface area contributed by atoms with Gasteiger partial charge in [0.15, 0.2) is 0 Å². The van der Waals surface area contributed by atoms with Crippen molar-refractivity contribution >= 4 is 27.3 Å². The van der Waals surface area contributed by atoms with E-state index in [4.69, 9.17) is 0 Å². The van der Waals surface area contributed by atoms with Gasteiger partial charge in [-0.25, -0.2) is 0 Å². The molecule has 84 valence electrons. The molecule has 0 bridgehead atoms. The van der Waals surface area contributed by atoms with E-state index in [0.29, 0.717) is 6.04 Å². The Kier molecular flexibility index (Phi) is 5.58. The lowest BCUT2D eigenvalue weighted by Crippen LogP contribution is -2.20. The summed E-state index contributed by atoms with van der Waals surface area (Å²) >= 11 is 5.40. The number of nitrogens with one attached hydrogen (secondary N) is 1. The third-order valence-electron chi connectivity index (χ3n) is 2.27. The fourth-order valence-electron chi connectivity index (χ4n) is 1.52. The Morgan fingerprint density at radius 3 is 2.87 bits per heavy atom. The minimum absolute atomic E-state index is 0.459. The van der Waals surface area contributed by atoms with E-state index in [2.05, 4.69) is 53.1 Å². The van der Waals surface area contributed by atoms with Gasteiger partial charge in [-0.15, -0.1) is 17.9 Å². The molecule has 0 saturated heterocycles. The first-order valence-electron chi connectivity index (χ1n) is 5.25. The number of thiophene rings is 1. The number of allylic oxidation sites excluding steroid dienone is 1. The summed E-state index contributed by atoms with van der Waals surface area (Å²) in [6.07, 6.45) is 2.21. The SMILES string of the molecule is C=C(C)CCC(NCC)c1sccc1Br. The minimum Gasteiger partial charge on any atom is -0.309 e. The van der Waals surface area contributed by atoms with Crippen molar-refractivity contribution in [2.75, 3.05) is 6.54 Å². The van der Waals surface area contributed by atoms with Crippen molar-refractivity contribution in [1.82, 2.24) is 5.32 Å². The van der Waals surface area contributed by atoms with Crippen molar-refractivity contribution in [2.24, 2.45) is 0 Å². The third-order valence-corrected chi connectivity index (χ3v) is 4.26. The van der Waals surface area contributed by atoms with E-state index in [9.17, 15) is 0 Å². The zero-order chi connectivity index (χ0) is 11.3. The summed E-state index contributed by atoms with van der Waals surface area (Å²) in [5.41, 5.74) is 1.26. The smallest absolute Gasteiger partial charge is 0.0429 e. The normalized spacial score (nSPS) is 12.7. The van der Waals surface area contributed by atoms with E-state index in [0.717, 1.165) is 19.4 Å². The summed E-state index contributed by atoms with van der Waals surface area (Å²) in [5, 5.41) is 5.65. The highest BCUT2D eigenvalue weighted by atomic mass is 79.9. The van der Waals surface area contributed by atoms with E-state index in [1.54, 1.807) is 0 Å². The number of halogens is 1. The maximum atomic E-state index is 3.95. The van der Waals surface area contributed by atoms with Gasteiger partial charge < -0.3 is 5.32 Å². The molecule has 1 unspecified atom stereocenters. The van der Waals surface area contributed by atoms with E-state index < -0.39 is 0 Å². The Morgan fingerprint density at radius 1 is 1.67 bits per heavy atom. The molecule has 0 aliphatic carbocycles. The van der Waals surface area contributed by atoms with Gasteiger partial charge in [0.2, 0.25) is 0 Å². The Labute approximate surface area is 105 Å². The number of hydrogen-bond donors (Lipinski definition) is 1. The fourth-order valence-corrected chi connectivity index (χ4v) is 3.28. The van der Waals surface area contributed by atoms with Crippen LogP contribution in [0.4, 0.5) is 0 Å². The first-order chi connectivity index (χ1) is 7.15. The van der Waals surface area contributed by atoms with Crippen molar-refractivity contribution in [1.29, 1.82) is 0 Å².